The van der Waals surface area contributed by atoms with Gasteiger partial charge in [0.25, 0.3) is 0 Å². The second-order valence-electron chi connectivity index (χ2n) is 2.87. The first kappa shape index (κ1) is 15.5. The molecule has 0 fully saturated rings. The molecular formula is C8H24N2O2Si. The Morgan fingerprint density at radius 3 is 1.54 bits per heavy atom. The Hall–Kier alpha value is 0.0569. The fourth-order valence-corrected chi connectivity index (χ4v) is 2.22. The highest BCUT2D eigenvalue weighted by Crippen LogP contribution is 2.12. The third-order valence-electron chi connectivity index (χ3n) is 1.73. The zero-order chi connectivity index (χ0) is 10.7. The second-order valence-corrected chi connectivity index (χ2v) is 6.45. The fraction of sp³-hybridized carbons (Fsp3) is 1.00. The lowest BCUT2D eigenvalue weighted by molar-refractivity contribution is 0.249. The Morgan fingerprint density at radius 2 is 1.46 bits per heavy atom. The number of rotatable bonds is 5. The predicted molar refractivity (Wildman–Crippen MR) is 58.8 cm³/mol. The minimum Gasteiger partial charge on any atom is -0.398 e. The SMILES string of the molecule is CCC[Si](C)(OC)OC.NCCN. The average Bonchev–Trinajstić information content (AvgIpc) is 2.18. The maximum atomic E-state index is 5.24. The van der Waals surface area contributed by atoms with Gasteiger partial charge in [0.15, 0.2) is 0 Å². The van der Waals surface area contributed by atoms with E-state index in [-0.39, 0.29) is 0 Å². The fourth-order valence-electron chi connectivity index (χ4n) is 0.742. The summed E-state index contributed by atoms with van der Waals surface area (Å²) in [6, 6.07) is 1.08. The highest BCUT2D eigenvalue weighted by Gasteiger charge is 2.26. The van der Waals surface area contributed by atoms with Gasteiger partial charge in [0.2, 0.25) is 0 Å². The molecule has 0 bridgehead atoms. The summed E-state index contributed by atoms with van der Waals surface area (Å²) < 4.78 is 10.5. The van der Waals surface area contributed by atoms with Crippen LogP contribution in [0.5, 0.6) is 0 Å². The molecule has 0 aliphatic rings. The topological polar surface area (TPSA) is 70.5 Å². The van der Waals surface area contributed by atoms with E-state index in [0.717, 1.165) is 12.5 Å². The van der Waals surface area contributed by atoms with E-state index in [0.29, 0.717) is 13.1 Å². The van der Waals surface area contributed by atoms with Crippen LogP contribution in [0.2, 0.25) is 12.6 Å². The molecule has 0 saturated carbocycles. The summed E-state index contributed by atoms with van der Waals surface area (Å²) >= 11 is 0. The van der Waals surface area contributed by atoms with E-state index in [2.05, 4.69) is 13.5 Å². The van der Waals surface area contributed by atoms with Gasteiger partial charge in [-0.15, -0.1) is 0 Å². The van der Waals surface area contributed by atoms with Crippen molar-refractivity contribution >= 4 is 8.56 Å². The molecule has 13 heavy (non-hydrogen) atoms. The summed E-state index contributed by atoms with van der Waals surface area (Å²) in [5, 5.41) is 0. The average molecular weight is 208 g/mol. The molecule has 0 aromatic rings. The summed E-state index contributed by atoms with van der Waals surface area (Å²) in [5.74, 6) is 0. The van der Waals surface area contributed by atoms with Crippen LogP contribution in [0.25, 0.3) is 0 Å². The van der Waals surface area contributed by atoms with Crippen LogP contribution in [-0.4, -0.2) is 35.9 Å². The highest BCUT2D eigenvalue weighted by atomic mass is 28.4. The molecule has 0 aromatic heterocycles. The van der Waals surface area contributed by atoms with Gasteiger partial charge in [0, 0.05) is 27.3 Å². The second kappa shape index (κ2) is 10.1. The molecule has 0 aromatic carbocycles. The van der Waals surface area contributed by atoms with Gasteiger partial charge in [-0.2, -0.15) is 0 Å². The van der Waals surface area contributed by atoms with E-state index < -0.39 is 8.56 Å². The molecule has 4 nitrogen and oxygen atoms in total. The van der Waals surface area contributed by atoms with Crippen LogP contribution in [-0.2, 0) is 8.85 Å². The van der Waals surface area contributed by atoms with Crippen molar-refractivity contribution in [3.63, 3.8) is 0 Å². The van der Waals surface area contributed by atoms with Crippen LogP contribution >= 0.6 is 0 Å². The largest absolute Gasteiger partial charge is 0.398 e. The van der Waals surface area contributed by atoms with Crippen molar-refractivity contribution in [2.75, 3.05) is 27.3 Å². The monoisotopic (exact) mass is 208 g/mol. The molecule has 0 rings (SSSR count). The Bertz CT molecular complexity index is 98.1. The Balaban J connectivity index is 0. The molecule has 0 saturated heterocycles. The van der Waals surface area contributed by atoms with Gasteiger partial charge in [-0.1, -0.05) is 13.3 Å². The minimum absolute atomic E-state index is 0.597. The maximum absolute atomic E-state index is 5.24. The van der Waals surface area contributed by atoms with Crippen molar-refractivity contribution in [1.82, 2.24) is 0 Å². The molecule has 5 heteroatoms. The summed E-state index contributed by atoms with van der Waals surface area (Å²) in [6.45, 7) is 5.42. The van der Waals surface area contributed by atoms with Gasteiger partial charge < -0.3 is 20.3 Å². The highest BCUT2D eigenvalue weighted by molar-refractivity contribution is 6.65. The maximum Gasteiger partial charge on any atom is 0.334 e. The molecule has 0 spiro atoms. The van der Waals surface area contributed by atoms with Gasteiger partial charge >= 0.3 is 8.56 Å². The first-order chi connectivity index (χ1) is 6.10. The molecule has 0 aliphatic carbocycles. The normalized spacial score (nSPS) is 10.6. The van der Waals surface area contributed by atoms with E-state index in [9.17, 15) is 0 Å². The predicted octanol–water partition coefficient (Wildman–Crippen LogP) is 0.665. The van der Waals surface area contributed by atoms with Crippen molar-refractivity contribution < 1.29 is 8.85 Å². The Morgan fingerprint density at radius 1 is 1.08 bits per heavy atom. The van der Waals surface area contributed by atoms with E-state index >= 15 is 0 Å². The first-order valence-corrected chi connectivity index (χ1v) is 7.13. The van der Waals surface area contributed by atoms with Gasteiger partial charge in [0.05, 0.1) is 0 Å². The first-order valence-electron chi connectivity index (χ1n) is 4.60. The molecule has 0 heterocycles. The van der Waals surface area contributed by atoms with Crippen LogP contribution in [0.15, 0.2) is 0 Å². The molecule has 0 radical (unpaired) electrons. The van der Waals surface area contributed by atoms with Crippen molar-refractivity contribution in [2.45, 2.75) is 25.9 Å². The zero-order valence-corrected chi connectivity index (χ0v) is 10.3. The molecule has 0 amide bonds. The minimum atomic E-state index is -1.70. The smallest absolute Gasteiger partial charge is 0.334 e. The van der Waals surface area contributed by atoms with Crippen molar-refractivity contribution in [2.24, 2.45) is 11.5 Å². The lowest BCUT2D eigenvalue weighted by Gasteiger charge is -2.21. The molecule has 82 valence electrons. The van der Waals surface area contributed by atoms with Crippen LogP contribution in [0.1, 0.15) is 13.3 Å². The van der Waals surface area contributed by atoms with Crippen molar-refractivity contribution in [1.29, 1.82) is 0 Å². The number of hydrogen-bond acceptors (Lipinski definition) is 4. The lowest BCUT2D eigenvalue weighted by atomic mass is 10.6. The lowest BCUT2D eigenvalue weighted by Crippen LogP contribution is -2.35. The van der Waals surface area contributed by atoms with Crippen molar-refractivity contribution in [3.8, 4) is 0 Å². The molecule has 0 aliphatic heterocycles. The van der Waals surface area contributed by atoms with Crippen molar-refractivity contribution in [3.05, 3.63) is 0 Å². The van der Waals surface area contributed by atoms with Crippen LogP contribution < -0.4 is 11.5 Å². The quantitative estimate of drug-likeness (QED) is 0.651. The third kappa shape index (κ3) is 9.97. The van der Waals surface area contributed by atoms with E-state index in [1.807, 2.05) is 0 Å². The zero-order valence-electron chi connectivity index (χ0n) is 9.30. The van der Waals surface area contributed by atoms with Gasteiger partial charge in [-0.05, 0) is 12.6 Å². The Labute approximate surface area is 82.8 Å². The standard InChI is InChI=1S/C6H16O2Si.C2H8N2/c1-5-6-9(4,7-2)8-3;3-1-2-4/h5-6H2,1-4H3;1-4H2. The third-order valence-corrected chi connectivity index (χ3v) is 4.87. The van der Waals surface area contributed by atoms with Gasteiger partial charge in [0.1, 0.15) is 0 Å². The number of hydrogen-bond donors (Lipinski definition) is 2. The number of nitrogens with two attached hydrogens (primary N) is 2. The summed E-state index contributed by atoms with van der Waals surface area (Å²) in [4.78, 5) is 0. The molecular weight excluding hydrogens is 184 g/mol. The van der Waals surface area contributed by atoms with Gasteiger partial charge in [-0.3, -0.25) is 0 Å². The molecule has 0 unspecified atom stereocenters. The van der Waals surface area contributed by atoms with E-state index in [1.165, 1.54) is 0 Å². The van der Waals surface area contributed by atoms with Crippen LogP contribution in [0.3, 0.4) is 0 Å². The summed E-state index contributed by atoms with van der Waals surface area (Å²) in [5.41, 5.74) is 9.81. The summed E-state index contributed by atoms with van der Waals surface area (Å²) in [6.07, 6.45) is 1.14. The van der Waals surface area contributed by atoms with Gasteiger partial charge in [-0.25, -0.2) is 0 Å². The van der Waals surface area contributed by atoms with E-state index in [4.69, 9.17) is 20.3 Å². The van der Waals surface area contributed by atoms with E-state index in [1.54, 1.807) is 14.2 Å². The molecule has 0 atom stereocenters. The summed E-state index contributed by atoms with van der Waals surface area (Å²) in [7, 11) is 1.76. The molecule has 4 N–H and O–H groups in total. The van der Waals surface area contributed by atoms with Crippen LogP contribution in [0.4, 0.5) is 0 Å². The Kier molecular flexibility index (Phi) is 12.1. The van der Waals surface area contributed by atoms with Crippen LogP contribution in [0, 0.1) is 0 Å².